The molecule has 1 heterocycles. The topological polar surface area (TPSA) is 58.6 Å². The average Bonchev–Trinajstić information content (AvgIpc) is 2.65. The van der Waals surface area contributed by atoms with E-state index in [-0.39, 0.29) is 11.9 Å². The molecule has 1 aliphatic rings. The second-order valence-corrected chi connectivity index (χ2v) is 6.48. The molecule has 1 aliphatic heterocycles. The molecule has 1 aromatic rings. The van der Waals surface area contributed by atoms with Gasteiger partial charge >= 0.3 is 6.03 Å². The number of hydrogen-bond donors (Lipinski definition) is 1. The average molecular weight is 308 g/mol. The van der Waals surface area contributed by atoms with Gasteiger partial charge in [0, 0.05) is 23.6 Å². The number of carbonyl (C=O) groups excluding carboxylic acids is 2. The summed E-state index contributed by atoms with van der Waals surface area (Å²) in [5, 5.41) is 2.68. The van der Waals surface area contributed by atoms with Crippen molar-refractivity contribution >= 4 is 23.7 Å². The number of para-hydroxylation sites is 1. The highest BCUT2D eigenvalue weighted by atomic mass is 32.2. The molecule has 3 amide bonds. The number of rotatable bonds is 6. The summed E-state index contributed by atoms with van der Waals surface area (Å²) in [5.74, 6) is 2.19. The molecule has 0 bridgehead atoms. The Morgan fingerprint density at radius 1 is 1.29 bits per heavy atom. The number of carbonyl (C=O) groups is 2. The Balaban J connectivity index is 1.83. The molecule has 1 fully saturated rings. The highest BCUT2D eigenvalue weighted by molar-refractivity contribution is 7.98. The van der Waals surface area contributed by atoms with E-state index in [0.29, 0.717) is 12.3 Å². The third kappa shape index (κ3) is 3.50. The Morgan fingerprint density at radius 3 is 2.62 bits per heavy atom. The Morgan fingerprint density at radius 2 is 2.00 bits per heavy atom. The van der Waals surface area contributed by atoms with Crippen molar-refractivity contribution in [3.8, 4) is 5.75 Å². The summed E-state index contributed by atoms with van der Waals surface area (Å²) in [6.45, 7) is 3.86. The molecule has 2 rings (SSSR count). The van der Waals surface area contributed by atoms with Crippen LogP contribution in [0.5, 0.6) is 5.75 Å². The molecule has 0 unspecified atom stereocenters. The fourth-order valence-corrected chi connectivity index (χ4v) is 3.10. The van der Waals surface area contributed by atoms with Crippen LogP contribution in [0.15, 0.2) is 24.3 Å². The maximum atomic E-state index is 12.0. The van der Waals surface area contributed by atoms with Crippen molar-refractivity contribution in [2.24, 2.45) is 0 Å². The number of thioether (sulfide) groups is 1. The third-order valence-electron chi connectivity index (χ3n) is 3.35. The van der Waals surface area contributed by atoms with Gasteiger partial charge in [0.2, 0.25) is 0 Å². The maximum absolute atomic E-state index is 12.0. The molecule has 0 atom stereocenters. The van der Waals surface area contributed by atoms with Crippen LogP contribution < -0.4 is 10.1 Å². The van der Waals surface area contributed by atoms with Crippen molar-refractivity contribution < 1.29 is 14.3 Å². The van der Waals surface area contributed by atoms with Crippen LogP contribution in [0.1, 0.15) is 19.4 Å². The fourth-order valence-electron chi connectivity index (χ4n) is 2.18. The first-order chi connectivity index (χ1) is 9.95. The number of urea groups is 1. The van der Waals surface area contributed by atoms with E-state index in [9.17, 15) is 9.59 Å². The monoisotopic (exact) mass is 308 g/mol. The van der Waals surface area contributed by atoms with E-state index in [4.69, 9.17) is 4.74 Å². The van der Waals surface area contributed by atoms with Crippen LogP contribution >= 0.6 is 11.8 Å². The second kappa shape index (κ2) is 6.39. The van der Waals surface area contributed by atoms with Gasteiger partial charge in [0.15, 0.2) is 0 Å². The number of nitrogens with zero attached hydrogens (tertiary/aromatic N) is 1. The summed E-state index contributed by atoms with van der Waals surface area (Å²) >= 11 is 1.67. The van der Waals surface area contributed by atoms with E-state index >= 15 is 0 Å². The Labute approximate surface area is 129 Å². The number of benzene rings is 1. The molecule has 1 N–H and O–H groups in total. The summed E-state index contributed by atoms with van der Waals surface area (Å²) in [4.78, 5) is 25.0. The zero-order valence-corrected chi connectivity index (χ0v) is 13.3. The first-order valence-electron chi connectivity index (χ1n) is 6.79. The van der Waals surface area contributed by atoms with Crippen molar-refractivity contribution in [3.05, 3.63) is 29.8 Å². The van der Waals surface area contributed by atoms with Crippen LogP contribution in [0.3, 0.4) is 0 Å². The molecular formula is C15H20N2O3S. The Bertz CT molecular complexity index is 545. The molecule has 0 radical (unpaired) electrons. The van der Waals surface area contributed by atoms with E-state index < -0.39 is 5.54 Å². The van der Waals surface area contributed by atoms with Gasteiger partial charge in [-0.15, -0.1) is 0 Å². The minimum absolute atomic E-state index is 0.162. The third-order valence-corrected chi connectivity index (χ3v) is 4.34. The van der Waals surface area contributed by atoms with Gasteiger partial charge < -0.3 is 10.1 Å². The normalized spacial score (nSPS) is 17.0. The quantitative estimate of drug-likeness (QED) is 0.647. The van der Waals surface area contributed by atoms with E-state index in [2.05, 4.69) is 5.32 Å². The van der Waals surface area contributed by atoms with Crippen LogP contribution in [0.4, 0.5) is 4.79 Å². The van der Waals surface area contributed by atoms with Gasteiger partial charge in [-0.2, -0.15) is 11.8 Å². The highest BCUT2D eigenvalue weighted by Gasteiger charge is 2.43. The Kier molecular flexibility index (Phi) is 4.77. The number of nitrogens with one attached hydrogen (secondary N) is 1. The van der Waals surface area contributed by atoms with Gasteiger partial charge in [-0.1, -0.05) is 18.2 Å². The zero-order valence-electron chi connectivity index (χ0n) is 12.5. The van der Waals surface area contributed by atoms with Gasteiger partial charge in [-0.25, -0.2) is 4.79 Å². The van der Waals surface area contributed by atoms with E-state index in [1.165, 1.54) is 4.90 Å². The number of ether oxygens (including phenoxy) is 1. The van der Waals surface area contributed by atoms with Crippen LogP contribution in [-0.2, 0) is 10.5 Å². The molecule has 0 spiro atoms. The van der Waals surface area contributed by atoms with Crippen LogP contribution in [0.2, 0.25) is 0 Å². The number of imide groups is 1. The van der Waals surface area contributed by atoms with Crippen molar-refractivity contribution in [2.75, 3.05) is 19.4 Å². The summed E-state index contributed by atoms with van der Waals surface area (Å²) in [6.07, 6.45) is 0. The SMILES string of the molecule is COc1ccccc1CSCCN1C(=O)NC(C)(C)C1=O. The van der Waals surface area contributed by atoms with Gasteiger partial charge in [0.05, 0.1) is 7.11 Å². The number of methoxy groups -OCH3 is 1. The first kappa shape index (κ1) is 15.7. The van der Waals surface area contributed by atoms with Gasteiger partial charge in [-0.3, -0.25) is 9.69 Å². The van der Waals surface area contributed by atoms with E-state index in [0.717, 1.165) is 17.1 Å². The van der Waals surface area contributed by atoms with Gasteiger partial charge in [-0.05, 0) is 19.9 Å². The van der Waals surface area contributed by atoms with Crippen molar-refractivity contribution in [1.29, 1.82) is 0 Å². The van der Waals surface area contributed by atoms with Gasteiger partial charge in [0.25, 0.3) is 5.91 Å². The summed E-state index contributed by atoms with van der Waals surface area (Å²) in [7, 11) is 1.65. The van der Waals surface area contributed by atoms with Crippen LogP contribution in [-0.4, -0.2) is 41.8 Å². The summed E-state index contributed by atoms with van der Waals surface area (Å²) in [5.41, 5.74) is 0.326. The summed E-state index contributed by atoms with van der Waals surface area (Å²) < 4.78 is 5.30. The van der Waals surface area contributed by atoms with E-state index in [1.807, 2.05) is 24.3 Å². The number of amides is 3. The minimum Gasteiger partial charge on any atom is -0.496 e. The van der Waals surface area contributed by atoms with Crippen molar-refractivity contribution in [3.63, 3.8) is 0 Å². The second-order valence-electron chi connectivity index (χ2n) is 5.38. The molecule has 1 saturated heterocycles. The van der Waals surface area contributed by atoms with Crippen LogP contribution in [0, 0.1) is 0 Å². The standard InChI is InChI=1S/C15H20N2O3S/c1-15(2)13(18)17(14(19)16-15)8-9-21-10-11-6-4-5-7-12(11)20-3/h4-7H,8-10H2,1-3H3,(H,16,19). The summed E-state index contributed by atoms with van der Waals surface area (Å²) in [6, 6.07) is 7.54. The Hall–Kier alpha value is -1.69. The molecule has 0 aliphatic carbocycles. The number of hydrogen-bond acceptors (Lipinski definition) is 4. The lowest BCUT2D eigenvalue weighted by Crippen LogP contribution is -2.40. The van der Waals surface area contributed by atoms with Crippen LogP contribution in [0.25, 0.3) is 0 Å². The van der Waals surface area contributed by atoms with Crippen molar-refractivity contribution in [1.82, 2.24) is 10.2 Å². The lowest BCUT2D eigenvalue weighted by atomic mass is 10.1. The molecule has 5 nitrogen and oxygen atoms in total. The lowest BCUT2D eigenvalue weighted by molar-refractivity contribution is -0.130. The molecule has 0 aromatic heterocycles. The maximum Gasteiger partial charge on any atom is 0.325 e. The molecule has 21 heavy (non-hydrogen) atoms. The van der Waals surface area contributed by atoms with Gasteiger partial charge in [0.1, 0.15) is 11.3 Å². The highest BCUT2D eigenvalue weighted by Crippen LogP contribution is 2.23. The molecule has 0 saturated carbocycles. The predicted octanol–water partition coefficient (Wildman–Crippen LogP) is 2.26. The first-order valence-corrected chi connectivity index (χ1v) is 7.95. The predicted molar refractivity (Wildman–Crippen MR) is 83.5 cm³/mol. The zero-order chi connectivity index (χ0) is 15.5. The lowest BCUT2D eigenvalue weighted by Gasteiger charge is -2.15. The van der Waals surface area contributed by atoms with E-state index in [1.54, 1.807) is 32.7 Å². The molecule has 1 aromatic carbocycles. The molecule has 114 valence electrons. The minimum atomic E-state index is -0.787. The largest absolute Gasteiger partial charge is 0.496 e. The smallest absolute Gasteiger partial charge is 0.325 e. The molecular weight excluding hydrogens is 288 g/mol. The molecule has 6 heteroatoms. The van der Waals surface area contributed by atoms with Crippen molar-refractivity contribution in [2.45, 2.75) is 25.1 Å². The fraction of sp³-hybridized carbons (Fsp3) is 0.467.